The molecule has 0 aliphatic heterocycles. The molecule has 110 valence electrons. The molecule has 3 aromatic rings. The van der Waals surface area contributed by atoms with Gasteiger partial charge in [0.25, 0.3) is 5.91 Å². The Kier molecular flexibility index (Phi) is 3.94. The second kappa shape index (κ2) is 6.03. The van der Waals surface area contributed by atoms with Crippen LogP contribution in [0.3, 0.4) is 0 Å². The molecule has 0 atom stereocenters. The van der Waals surface area contributed by atoms with Crippen molar-refractivity contribution in [2.45, 2.75) is 6.92 Å². The summed E-state index contributed by atoms with van der Waals surface area (Å²) in [5.74, 6) is -0.332. The van der Waals surface area contributed by atoms with E-state index in [0.29, 0.717) is 10.6 Å². The fourth-order valence-corrected chi connectivity index (χ4v) is 2.55. The third-order valence-electron chi connectivity index (χ3n) is 3.36. The predicted octanol–water partition coefficient (Wildman–Crippen LogP) is 3.89. The van der Waals surface area contributed by atoms with Crippen LogP contribution in [0, 0.1) is 6.92 Å². The van der Waals surface area contributed by atoms with Gasteiger partial charge in [0.05, 0.1) is 16.8 Å². The number of fused-ring (bicyclic) bond motifs is 1. The summed E-state index contributed by atoms with van der Waals surface area (Å²) in [4.78, 5) is 15.2. The molecule has 0 fully saturated rings. The molecule has 0 bridgehead atoms. The lowest BCUT2D eigenvalue weighted by molar-refractivity contribution is 0.0955. The van der Waals surface area contributed by atoms with Crippen molar-refractivity contribution in [2.24, 2.45) is 5.10 Å². The molecule has 0 saturated carbocycles. The first-order valence-electron chi connectivity index (χ1n) is 6.81. The number of aryl methyl sites for hydroxylation is 1. The zero-order chi connectivity index (χ0) is 15.5. The number of rotatable bonds is 3. The number of hydrogen-bond acceptors (Lipinski definition) is 2. The van der Waals surface area contributed by atoms with E-state index >= 15 is 0 Å². The van der Waals surface area contributed by atoms with Crippen LogP contribution in [0.25, 0.3) is 10.9 Å². The van der Waals surface area contributed by atoms with E-state index in [1.54, 1.807) is 18.3 Å². The summed E-state index contributed by atoms with van der Waals surface area (Å²) in [6, 6.07) is 13.2. The molecule has 0 saturated heterocycles. The Balaban J connectivity index is 1.75. The highest BCUT2D eigenvalue weighted by Crippen LogP contribution is 2.18. The van der Waals surface area contributed by atoms with E-state index in [1.165, 1.54) is 0 Å². The number of hydrogen-bond donors (Lipinski definition) is 2. The lowest BCUT2D eigenvalue weighted by atomic mass is 10.1. The first-order valence-corrected chi connectivity index (χ1v) is 7.18. The Labute approximate surface area is 132 Å². The molecule has 0 unspecified atom stereocenters. The van der Waals surface area contributed by atoms with Crippen molar-refractivity contribution in [2.75, 3.05) is 0 Å². The van der Waals surface area contributed by atoms with Gasteiger partial charge < -0.3 is 4.98 Å². The molecule has 22 heavy (non-hydrogen) atoms. The molecule has 1 amide bonds. The highest BCUT2D eigenvalue weighted by atomic mass is 35.5. The van der Waals surface area contributed by atoms with Gasteiger partial charge in [-0.15, -0.1) is 0 Å². The van der Waals surface area contributed by atoms with E-state index in [1.807, 2.05) is 43.5 Å². The van der Waals surface area contributed by atoms with E-state index in [0.717, 1.165) is 22.0 Å². The standard InChI is InChI=1S/C17H14ClN3O/c1-11-6-7-14(15(18)8-11)17(22)21-20-10-12-9-19-16-5-3-2-4-13(12)16/h2-10,19H,1H3,(H,21,22)/b20-10-. The summed E-state index contributed by atoms with van der Waals surface area (Å²) in [5.41, 5.74) is 5.84. The van der Waals surface area contributed by atoms with Crippen LogP contribution >= 0.6 is 11.6 Å². The number of carbonyl (C=O) groups is 1. The first kappa shape index (κ1) is 14.4. The maximum Gasteiger partial charge on any atom is 0.272 e. The Bertz CT molecular complexity index is 867. The third kappa shape index (κ3) is 2.87. The van der Waals surface area contributed by atoms with Gasteiger partial charge in [-0.1, -0.05) is 35.9 Å². The Morgan fingerprint density at radius 1 is 1.27 bits per heavy atom. The SMILES string of the molecule is Cc1ccc(C(=O)N/N=C\c2c[nH]c3ccccc23)c(Cl)c1. The van der Waals surface area contributed by atoms with Crippen LogP contribution in [-0.2, 0) is 0 Å². The van der Waals surface area contributed by atoms with Crippen molar-refractivity contribution in [3.8, 4) is 0 Å². The molecular weight excluding hydrogens is 298 g/mol. The summed E-state index contributed by atoms with van der Waals surface area (Å²) < 4.78 is 0. The largest absolute Gasteiger partial charge is 0.361 e. The number of carbonyl (C=O) groups excluding carboxylic acids is 1. The fourth-order valence-electron chi connectivity index (χ4n) is 2.23. The van der Waals surface area contributed by atoms with Crippen LogP contribution < -0.4 is 5.43 Å². The Morgan fingerprint density at radius 3 is 2.91 bits per heavy atom. The average Bonchev–Trinajstić information content (AvgIpc) is 2.90. The molecule has 1 aromatic heterocycles. The zero-order valence-electron chi connectivity index (χ0n) is 11.9. The van der Waals surface area contributed by atoms with E-state index < -0.39 is 0 Å². The van der Waals surface area contributed by atoms with Crippen LogP contribution in [0.15, 0.2) is 53.8 Å². The second-order valence-corrected chi connectivity index (χ2v) is 5.38. The molecule has 3 rings (SSSR count). The third-order valence-corrected chi connectivity index (χ3v) is 3.67. The van der Waals surface area contributed by atoms with Gasteiger partial charge in [0.15, 0.2) is 0 Å². The summed E-state index contributed by atoms with van der Waals surface area (Å²) in [5, 5.41) is 5.47. The number of nitrogens with zero attached hydrogens (tertiary/aromatic N) is 1. The Morgan fingerprint density at radius 2 is 2.09 bits per heavy atom. The number of nitrogens with one attached hydrogen (secondary N) is 2. The smallest absolute Gasteiger partial charge is 0.272 e. The second-order valence-electron chi connectivity index (χ2n) is 4.97. The van der Waals surface area contributed by atoms with Crippen molar-refractivity contribution in [3.05, 3.63) is 70.4 Å². The molecule has 0 spiro atoms. The van der Waals surface area contributed by atoms with Crippen molar-refractivity contribution < 1.29 is 4.79 Å². The highest BCUT2D eigenvalue weighted by Gasteiger charge is 2.09. The average molecular weight is 312 g/mol. The van der Waals surface area contributed by atoms with Gasteiger partial charge in [-0.05, 0) is 30.7 Å². The monoisotopic (exact) mass is 311 g/mol. The van der Waals surface area contributed by atoms with E-state index in [-0.39, 0.29) is 5.91 Å². The summed E-state index contributed by atoms with van der Waals surface area (Å²) in [6.07, 6.45) is 3.46. The molecule has 4 nitrogen and oxygen atoms in total. The lowest BCUT2D eigenvalue weighted by Crippen LogP contribution is -2.18. The Hall–Kier alpha value is -2.59. The number of aromatic nitrogens is 1. The summed E-state index contributed by atoms with van der Waals surface area (Å²) >= 11 is 6.06. The molecule has 0 radical (unpaired) electrons. The van der Waals surface area contributed by atoms with Crippen LogP contribution in [0.4, 0.5) is 0 Å². The minimum absolute atomic E-state index is 0.332. The maximum atomic E-state index is 12.1. The number of amides is 1. The maximum absolute atomic E-state index is 12.1. The predicted molar refractivity (Wildman–Crippen MR) is 89.5 cm³/mol. The molecule has 2 aromatic carbocycles. The number of para-hydroxylation sites is 1. The van der Waals surface area contributed by atoms with Gasteiger partial charge in [-0.25, -0.2) is 5.43 Å². The number of H-pyrrole nitrogens is 1. The van der Waals surface area contributed by atoms with Gasteiger partial charge in [0.2, 0.25) is 0 Å². The summed E-state index contributed by atoms with van der Waals surface area (Å²) in [6.45, 7) is 1.92. The van der Waals surface area contributed by atoms with E-state index in [9.17, 15) is 4.79 Å². The number of halogens is 1. The van der Waals surface area contributed by atoms with Gasteiger partial charge in [0, 0.05) is 22.7 Å². The fraction of sp³-hybridized carbons (Fsp3) is 0.0588. The molecule has 0 aliphatic rings. The quantitative estimate of drug-likeness (QED) is 0.559. The number of aromatic amines is 1. The minimum Gasteiger partial charge on any atom is -0.361 e. The zero-order valence-corrected chi connectivity index (χ0v) is 12.7. The topological polar surface area (TPSA) is 57.2 Å². The molecule has 2 N–H and O–H groups in total. The normalized spacial score (nSPS) is 11.2. The van der Waals surface area contributed by atoms with Crippen LogP contribution in [0.2, 0.25) is 5.02 Å². The van der Waals surface area contributed by atoms with Crippen molar-refractivity contribution >= 4 is 34.6 Å². The first-order chi connectivity index (χ1) is 10.6. The van der Waals surface area contributed by atoms with Crippen LogP contribution in [0.1, 0.15) is 21.5 Å². The minimum atomic E-state index is -0.332. The lowest BCUT2D eigenvalue weighted by Gasteiger charge is -2.03. The van der Waals surface area contributed by atoms with E-state index in [4.69, 9.17) is 11.6 Å². The van der Waals surface area contributed by atoms with Gasteiger partial charge in [-0.2, -0.15) is 5.10 Å². The number of hydrazone groups is 1. The van der Waals surface area contributed by atoms with E-state index in [2.05, 4.69) is 15.5 Å². The van der Waals surface area contributed by atoms with Crippen molar-refractivity contribution in [1.82, 2.24) is 10.4 Å². The molecule has 5 heteroatoms. The van der Waals surface area contributed by atoms with Gasteiger partial charge in [0.1, 0.15) is 0 Å². The van der Waals surface area contributed by atoms with Crippen molar-refractivity contribution in [3.63, 3.8) is 0 Å². The molecule has 1 heterocycles. The summed E-state index contributed by atoms with van der Waals surface area (Å²) in [7, 11) is 0. The van der Waals surface area contributed by atoms with Crippen LogP contribution in [0.5, 0.6) is 0 Å². The molecule has 0 aliphatic carbocycles. The van der Waals surface area contributed by atoms with Crippen LogP contribution in [-0.4, -0.2) is 17.1 Å². The number of benzene rings is 2. The molecular formula is C17H14ClN3O. The van der Waals surface area contributed by atoms with Gasteiger partial charge in [-0.3, -0.25) is 4.79 Å². The highest BCUT2D eigenvalue weighted by molar-refractivity contribution is 6.33. The van der Waals surface area contributed by atoms with Gasteiger partial charge >= 0.3 is 0 Å². The van der Waals surface area contributed by atoms with Crippen molar-refractivity contribution in [1.29, 1.82) is 0 Å².